The second-order valence-corrected chi connectivity index (χ2v) is 6.38. The zero-order valence-corrected chi connectivity index (χ0v) is 14.0. The summed E-state index contributed by atoms with van der Waals surface area (Å²) in [6.07, 6.45) is 1.83. The Bertz CT molecular complexity index is 721. The van der Waals surface area contributed by atoms with E-state index in [9.17, 15) is 13.6 Å². The van der Waals surface area contributed by atoms with Crippen LogP contribution in [0.15, 0.2) is 48.5 Å². The molecule has 0 bridgehead atoms. The molecule has 0 N–H and O–H groups in total. The molecule has 1 unspecified atom stereocenters. The van der Waals surface area contributed by atoms with E-state index in [1.807, 2.05) is 30.3 Å². The van der Waals surface area contributed by atoms with Crippen molar-refractivity contribution in [3.63, 3.8) is 0 Å². The number of piperidine rings is 1. The van der Waals surface area contributed by atoms with Crippen LogP contribution in [0.2, 0.25) is 0 Å². The zero-order valence-electron chi connectivity index (χ0n) is 14.0. The van der Waals surface area contributed by atoms with Crippen LogP contribution >= 0.6 is 0 Å². The lowest BCUT2D eigenvalue weighted by atomic mass is 9.98. The van der Waals surface area contributed by atoms with Crippen molar-refractivity contribution < 1.29 is 18.3 Å². The number of hydrogen-bond donors (Lipinski definition) is 0. The number of likely N-dealkylation sites (tertiary alicyclic amines) is 1. The molecular weight excluding hydrogens is 324 g/mol. The van der Waals surface area contributed by atoms with E-state index in [1.54, 1.807) is 4.90 Å². The van der Waals surface area contributed by atoms with E-state index >= 15 is 0 Å². The Hall–Kier alpha value is -2.27. The third-order valence-electron chi connectivity index (χ3n) is 4.43. The SMILES string of the molecule is O=C(c1ccc(F)cc1F)N1CCCC(COCc2ccccc2)C1. The number of benzene rings is 2. The zero-order chi connectivity index (χ0) is 17.6. The van der Waals surface area contributed by atoms with Crippen LogP contribution in [0.25, 0.3) is 0 Å². The van der Waals surface area contributed by atoms with Gasteiger partial charge >= 0.3 is 0 Å². The van der Waals surface area contributed by atoms with Gasteiger partial charge in [0, 0.05) is 19.2 Å². The number of carbonyl (C=O) groups is 1. The van der Waals surface area contributed by atoms with Crippen LogP contribution in [0.5, 0.6) is 0 Å². The van der Waals surface area contributed by atoms with E-state index in [0.717, 1.165) is 30.5 Å². The second-order valence-electron chi connectivity index (χ2n) is 6.38. The lowest BCUT2D eigenvalue weighted by Crippen LogP contribution is -2.41. The van der Waals surface area contributed by atoms with Crippen molar-refractivity contribution in [3.8, 4) is 0 Å². The molecular formula is C20H21F2NO2. The van der Waals surface area contributed by atoms with Crippen LogP contribution in [0.1, 0.15) is 28.8 Å². The van der Waals surface area contributed by atoms with Gasteiger partial charge in [-0.25, -0.2) is 8.78 Å². The molecule has 2 aromatic carbocycles. The molecule has 0 saturated carbocycles. The minimum absolute atomic E-state index is 0.0766. The summed E-state index contributed by atoms with van der Waals surface area (Å²) < 4.78 is 32.6. The van der Waals surface area contributed by atoms with E-state index in [4.69, 9.17) is 4.74 Å². The first-order valence-corrected chi connectivity index (χ1v) is 8.49. The van der Waals surface area contributed by atoms with Gasteiger partial charge in [0.1, 0.15) is 11.6 Å². The highest BCUT2D eigenvalue weighted by Gasteiger charge is 2.26. The average Bonchev–Trinajstić information content (AvgIpc) is 2.62. The molecule has 132 valence electrons. The first kappa shape index (κ1) is 17.5. The van der Waals surface area contributed by atoms with E-state index in [1.165, 1.54) is 6.07 Å². The molecule has 1 atom stereocenters. The highest BCUT2D eigenvalue weighted by molar-refractivity contribution is 5.94. The molecule has 0 spiro atoms. The van der Waals surface area contributed by atoms with Gasteiger partial charge in [0.25, 0.3) is 5.91 Å². The minimum atomic E-state index is -0.813. The molecule has 0 aromatic heterocycles. The van der Waals surface area contributed by atoms with Gasteiger partial charge in [-0.1, -0.05) is 30.3 Å². The average molecular weight is 345 g/mol. The number of halogens is 2. The van der Waals surface area contributed by atoms with E-state index in [2.05, 4.69) is 0 Å². The fourth-order valence-corrected chi connectivity index (χ4v) is 3.14. The van der Waals surface area contributed by atoms with Gasteiger partial charge < -0.3 is 9.64 Å². The molecule has 1 amide bonds. The first-order valence-electron chi connectivity index (χ1n) is 8.49. The van der Waals surface area contributed by atoms with Gasteiger partial charge in [0.15, 0.2) is 0 Å². The number of nitrogens with zero attached hydrogens (tertiary/aromatic N) is 1. The third kappa shape index (κ3) is 4.63. The molecule has 1 saturated heterocycles. The number of amides is 1. The van der Waals surface area contributed by atoms with Crippen molar-refractivity contribution in [1.29, 1.82) is 0 Å². The third-order valence-corrected chi connectivity index (χ3v) is 4.43. The van der Waals surface area contributed by atoms with Crippen molar-refractivity contribution in [2.45, 2.75) is 19.4 Å². The quantitative estimate of drug-likeness (QED) is 0.819. The largest absolute Gasteiger partial charge is 0.376 e. The van der Waals surface area contributed by atoms with Gasteiger partial charge in [-0.2, -0.15) is 0 Å². The van der Waals surface area contributed by atoms with Gasteiger partial charge in [-0.15, -0.1) is 0 Å². The molecule has 1 aliphatic heterocycles. The highest BCUT2D eigenvalue weighted by atomic mass is 19.1. The lowest BCUT2D eigenvalue weighted by Gasteiger charge is -2.32. The van der Waals surface area contributed by atoms with Gasteiger partial charge in [-0.3, -0.25) is 4.79 Å². The summed E-state index contributed by atoms with van der Waals surface area (Å²) in [5.41, 5.74) is 1.03. The lowest BCUT2D eigenvalue weighted by molar-refractivity contribution is 0.0423. The molecule has 1 aliphatic rings. The molecule has 1 heterocycles. The fraction of sp³-hybridized carbons (Fsp3) is 0.350. The number of ether oxygens (including phenoxy) is 1. The summed E-state index contributed by atoms with van der Waals surface area (Å²) in [6, 6.07) is 13.0. The highest BCUT2D eigenvalue weighted by Crippen LogP contribution is 2.21. The Morgan fingerprint density at radius 3 is 2.72 bits per heavy atom. The van der Waals surface area contributed by atoms with Crippen LogP contribution in [-0.4, -0.2) is 30.5 Å². The van der Waals surface area contributed by atoms with Gasteiger partial charge in [-0.05, 0) is 36.5 Å². The molecule has 2 aromatic rings. The van der Waals surface area contributed by atoms with Crippen molar-refractivity contribution in [2.75, 3.05) is 19.7 Å². The summed E-state index contributed by atoms with van der Waals surface area (Å²) in [5, 5.41) is 0. The van der Waals surface area contributed by atoms with Crippen molar-refractivity contribution >= 4 is 5.91 Å². The van der Waals surface area contributed by atoms with Crippen LogP contribution in [0.3, 0.4) is 0 Å². The summed E-state index contributed by atoms with van der Waals surface area (Å²) in [7, 11) is 0. The van der Waals surface area contributed by atoms with Crippen molar-refractivity contribution in [1.82, 2.24) is 4.90 Å². The van der Waals surface area contributed by atoms with E-state index in [-0.39, 0.29) is 17.4 Å². The molecule has 0 aliphatic carbocycles. The van der Waals surface area contributed by atoms with E-state index < -0.39 is 11.6 Å². The molecule has 5 heteroatoms. The Morgan fingerprint density at radius 1 is 1.16 bits per heavy atom. The van der Waals surface area contributed by atoms with Crippen molar-refractivity contribution in [3.05, 3.63) is 71.3 Å². The monoisotopic (exact) mass is 345 g/mol. The molecule has 1 fully saturated rings. The Balaban J connectivity index is 1.54. The van der Waals surface area contributed by atoms with Crippen LogP contribution in [-0.2, 0) is 11.3 Å². The number of hydrogen-bond acceptors (Lipinski definition) is 2. The van der Waals surface area contributed by atoms with Crippen molar-refractivity contribution in [2.24, 2.45) is 5.92 Å². The fourth-order valence-electron chi connectivity index (χ4n) is 3.14. The molecule has 3 nitrogen and oxygen atoms in total. The van der Waals surface area contributed by atoms with E-state index in [0.29, 0.717) is 26.3 Å². The van der Waals surface area contributed by atoms with Gasteiger partial charge in [0.2, 0.25) is 0 Å². The summed E-state index contributed by atoms with van der Waals surface area (Å²) in [6.45, 7) is 2.22. The Morgan fingerprint density at radius 2 is 1.96 bits per heavy atom. The molecule has 0 radical (unpaired) electrons. The first-order chi connectivity index (χ1) is 12.1. The second kappa shape index (κ2) is 8.21. The van der Waals surface area contributed by atoms with Crippen LogP contribution < -0.4 is 0 Å². The summed E-state index contributed by atoms with van der Waals surface area (Å²) in [4.78, 5) is 14.1. The van der Waals surface area contributed by atoms with Crippen LogP contribution in [0, 0.1) is 17.6 Å². The smallest absolute Gasteiger partial charge is 0.256 e. The minimum Gasteiger partial charge on any atom is -0.376 e. The van der Waals surface area contributed by atoms with Gasteiger partial charge in [0.05, 0.1) is 18.8 Å². The molecule has 3 rings (SSSR count). The maximum absolute atomic E-state index is 13.8. The number of rotatable bonds is 5. The summed E-state index contributed by atoms with van der Waals surface area (Å²) >= 11 is 0. The topological polar surface area (TPSA) is 29.5 Å². The Labute approximate surface area is 146 Å². The standard InChI is InChI=1S/C20H21F2NO2/c21-17-8-9-18(19(22)11-17)20(24)23-10-4-7-16(12-23)14-25-13-15-5-2-1-3-6-15/h1-3,5-6,8-9,11,16H,4,7,10,12-14H2. The number of carbonyl (C=O) groups excluding carboxylic acids is 1. The normalized spacial score (nSPS) is 17.5. The maximum atomic E-state index is 13.8. The predicted molar refractivity (Wildman–Crippen MR) is 91.1 cm³/mol. The van der Waals surface area contributed by atoms with Crippen LogP contribution in [0.4, 0.5) is 8.78 Å². The predicted octanol–water partition coefficient (Wildman–Crippen LogP) is 4.03. The summed E-state index contributed by atoms with van der Waals surface area (Å²) in [5.74, 6) is -1.65. The maximum Gasteiger partial charge on any atom is 0.256 e. The molecule has 25 heavy (non-hydrogen) atoms. The Kier molecular flexibility index (Phi) is 5.76.